The van der Waals surface area contributed by atoms with E-state index in [1.807, 2.05) is 0 Å². The molecule has 2 heterocycles. The summed E-state index contributed by atoms with van der Waals surface area (Å²) in [5.74, 6) is 0. The smallest absolute Gasteiger partial charge is 0.243 e. The number of likely N-dealkylation sites (tertiary alicyclic amines) is 1. The van der Waals surface area contributed by atoms with Gasteiger partial charge >= 0.3 is 0 Å². The summed E-state index contributed by atoms with van der Waals surface area (Å²) in [6.45, 7) is 5.08. The first-order valence-electron chi connectivity index (χ1n) is 6.62. The van der Waals surface area contributed by atoms with E-state index >= 15 is 0 Å². The number of hydrogen-bond donors (Lipinski definition) is 1. The maximum absolute atomic E-state index is 12.3. The van der Waals surface area contributed by atoms with Crippen LogP contribution in [0.5, 0.6) is 0 Å². The van der Waals surface area contributed by atoms with Crippen molar-refractivity contribution in [2.45, 2.75) is 37.1 Å². The normalized spacial score (nSPS) is 17.7. The third-order valence-electron chi connectivity index (χ3n) is 3.36. The summed E-state index contributed by atoms with van der Waals surface area (Å²) in [5.41, 5.74) is 0. The third-order valence-corrected chi connectivity index (χ3v) is 6.64. The predicted molar refractivity (Wildman–Crippen MR) is 91.7 cm³/mol. The minimum absolute atomic E-state index is 0. The van der Waals surface area contributed by atoms with Crippen molar-refractivity contribution in [1.29, 1.82) is 0 Å². The van der Waals surface area contributed by atoms with Crippen molar-refractivity contribution in [2.24, 2.45) is 0 Å². The molecule has 0 unspecified atom stereocenters. The molecule has 0 spiro atoms. The summed E-state index contributed by atoms with van der Waals surface area (Å²) in [7, 11) is -3.57. The fourth-order valence-electron chi connectivity index (χ4n) is 2.38. The molecule has 1 N–H and O–H groups in total. The van der Waals surface area contributed by atoms with Crippen LogP contribution in [0.4, 0.5) is 0 Å². The summed E-state index contributed by atoms with van der Waals surface area (Å²) >= 11 is 12.8. The van der Waals surface area contributed by atoms with Crippen LogP contribution < -0.4 is 4.72 Å². The van der Waals surface area contributed by atoms with Crippen molar-refractivity contribution in [1.82, 2.24) is 9.62 Å². The zero-order valence-corrected chi connectivity index (χ0v) is 15.6. The van der Waals surface area contributed by atoms with E-state index in [1.165, 1.54) is 6.07 Å². The molecular formula is C12H19Cl3N2O2S2. The average molecular weight is 394 g/mol. The number of piperidine rings is 1. The number of rotatable bonds is 5. The highest BCUT2D eigenvalue weighted by Crippen LogP contribution is 2.34. The zero-order valence-electron chi connectivity index (χ0n) is 11.6. The molecule has 9 heteroatoms. The average Bonchev–Trinajstić information content (AvgIpc) is 2.72. The standard InChI is InChI=1S/C12H18Cl2N2O2S2.ClH/c1-2-5-16-6-3-9(4-7-16)15-20(17,18)10-8-11(13)19-12(10)14;/h8-9,15H,2-7H2,1H3;1H. The third kappa shape index (κ3) is 5.23. The lowest BCUT2D eigenvalue weighted by Gasteiger charge is -2.31. The van der Waals surface area contributed by atoms with Crippen LogP contribution in [0, 0.1) is 0 Å². The Bertz CT molecular complexity index is 555. The molecule has 122 valence electrons. The predicted octanol–water partition coefficient (Wildman–Crippen LogP) is 3.63. The molecule has 0 amide bonds. The van der Waals surface area contributed by atoms with Crippen LogP contribution in [0.25, 0.3) is 0 Å². The van der Waals surface area contributed by atoms with Crippen molar-refractivity contribution in [2.75, 3.05) is 19.6 Å². The fourth-order valence-corrected chi connectivity index (χ4v) is 5.84. The summed E-state index contributed by atoms with van der Waals surface area (Å²) in [6.07, 6.45) is 2.78. The van der Waals surface area contributed by atoms with Gasteiger partial charge in [-0.2, -0.15) is 0 Å². The Morgan fingerprint density at radius 1 is 1.38 bits per heavy atom. The SMILES string of the molecule is CCCN1CCC(NS(=O)(=O)c2cc(Cl)sc2Cl)CC1.Cl. The van der Waals surface area contributed by atoms with Crippen LogP contribution in [0.1, 0.15) is 26.2 Å². The van der Waals surface area contributed by atoms with Crippen LogP contribution in [0.3, 0.4) is 0 Å². The second-order valence-electron chi connectivity index (χ2n) is 4.93. The monoisotopic (exact) mass is 392 g/mol. The Balaban J connectivity index is 0.00000220. The highest BCUT2D eigenvalue weighted by molar-refractivity contribution is 7.89. The molecule has 1 saturated heterocycles. The minimum atomic E-state index is -3.57. The van der Waals surface area contributed by atoms with Gasteiger partial charge in [0.2, 0.25) is 10.0 Å². The van der Waals surface area contributed by atoms with E-state index < -0.39 is 10.0 Å². The molecular weight excluding hydrogens is 375 g/mol. The van der Waals surface area contributed by atoms with Gasteiger partial charge < -0.3 is 4.90 Å². The number of halogens is 3. The molecule has 0 bridgehead atoms. The Morgan fingerprint density at radius 2 is 2.00 bits per heavy atom. The molecule has 1 fully saturated rings. The van der Waals surface area contributed by atoms with Gasteiger partial charge in [0.1, 0.15) is 9.23 Å². The minimum Gasteiger partial charge on any atom is -0.303 e. The topological polar surface area (TPSA) is 49.4 Å². The molecule has 0 aromatic carbocycles. The Kier molecular flexibility index (Phi) is 7.74. The molecule has 2 rings (SSSR count). The number of thiophene rings is 1. The lowest BCUT2D eigenvalue weighted by atomic mass is 10.1. The molecule has 0 aliphatic carbocycles. The first-order chi connectivity index (χ1) is 9.42. The highest BCUT2D eigenvalue weighted by Gasteiger charge is 2.27. The molecule has 1 aliphatic rings. The van der Waals surface area contributed by atoms with Crippen molar-refractivity contribution in [3.05, 3.63) is 14.7 Å². The van der Waals surface area contributed by atoms with E-state index in [0.29, 0.717) is 4.34 Å². The molecule has 21 heavy (non-hydrogen) atoms. The maximum Gasteiger partial charge on any atom is 0.243 e. The van der Waals surface area contributed by atoms with Gasteiger partial charge in [0, 0.05) is 6.04 Å². The summed E-state index contributed by atoms with van der Waals surface area (Å²) in [6, 6.07) is 1.38. The van der Waals surface area contributed by atoms with Crippen LogP contribution in [-0.2, 0) is 10.0 Å². The van der Waals surface area contributed by atoms with Crippen LogP contribution >= 0.6 is 46.9 Å². The van der Waals surface area contributed by atoms with E-state index in [2.05, 4.69) is 16.5 Å². The van der Waals surface area contributed by atoms with E-state index in [1.54, 1.807) is 0 Å². The molecule has 4 nitrogen and oxygen atoms in total. The van der Waals surface area contributed by atoms with Crippen molar-refractivity contribution >= 4 is 57.0 Å². The maximum atomic E-state index is 12.3. The van der Waals surface area contributed by atoms with E-state index in [0.717, 1.165) is 50.2 Å². The quantitative estimate of drug-likeness (QED) is 0.831. The summed E-state index contributed by atoms with van der Waals surface area (Å²) in [4.78, 5) is 2.45. The molecule has 0 saturated carbocycles. The molecule has 1 aliphatic heterocycles. The van der Waals surface area contributed by atoms with Crippen LogP contribution in [0.2, 0.25) is 8.67 Å². The van der Waals surface area contributed by atoms with Crippen molar-refractivity contribution in [3.63, 3.8) is 0 Å². The van der Waals surface area contributed by atoms with Gasteiger partial charge in [-0.3, -0.25) is 0 Å². The first-order valence-corrected chi connectivity index (χ1v) is 9.67. The van der Waals surface area contributed by atoms with Gasteiger partial charge in [-0.1, -0.05) is 30.1 Å². The summed E-state index contributed by atoms with van der Waals surface area (Å²) < 4.78 is 27.9. The van der Waals surface area contributed by atoms with E-state index in [9.17, 15) is 8.42 Å². The number of nitrogens with zero attached hydrogens (tertiary/aromatic N) is 1. The highest BCUT2D eigenvalue weighted by atomic mass is 35.5. The largest absolute Gasteiger partial charge is 0.303 e. The molecule has 1 aromatic heterocycles. The van der Waals surface area contributed by atoms with Gasteiger partial charge in [-0.15, -0.1) is 23.7 Å². The second-order valence-corrected chi connectivity index (χ2v) is 8.89. The Labute approximate surface area is 146 Å². The van der Waals surface area contributed by atoms with Gasteiger partial charge in [0.05, 0.1) is 4.34 Å². The van der Waals surface area contributed by atoms with E-state index in [4.69, 9.17) is 23.2 Å². The van der Waals surface area contributed by atoms with Crippen LogP contribution in [-0.4, -0.2) is 39.0 Å². The first kappa shape index (κ1) is 19.5. The van der Waals surface area contributed by atoms with Gasteiger partial charge in [-0.05, 0) is 45.0 Å². The lowest BCUT2D eigenvalue weighted by molar-refractivity contribution is 0.208. The number of sulfonamides is 1. The van der Waals surface area contributed by atoms with Crippen molar-refractivity contribution in [3.8, 4) is 0 Å². The van der Waals surface area contributed by atoms with Gasteiger partial charge in [-0.25, -0.2) is 13.1 Å². The Morgan fingerprint density at radius 3 is 2.48 bits per heavy atom. The zero-order chi connectivity index (χ0) is 14.8. The second kappa shape index (κ2) is 8.34. The molecule has 0 atom stereocenters. The number of hydrogen-bond acceptors (Lipinski definition) is 4. The number of nitrogens with one attached hydrogen (secondary N) is 1. The molecule has 0 radical (unpaired) electrons. The van der Waals surface area contributed by atoms with Crippen LogP contribution in [0.15, 0.2) is 11.0 Å². The van der Waals surface area contributed by atoms with E-state index in [-0.39, 0.29) is 27.7 Å². The van der Waals surface area contributed by atoms with Gasteiger partial charge in [0.25, 0.3) is 0 Å². The van der Waals surface area contributed by atoms with Gasteiger partial charge in [0.15, 0.2) is 0 Å². The molecule has 1 aromatic rings. The lowest BCUT2D eigenvalue weighted by Crippen LogP contribution is -2.44. The van der Waals surface area contributed by atoms with Crippen molar-refractivity contribution < 1.29 is 8.42 Å². The fraction of sp³-hybridized carbons (Fsp3) is 0.667. The Hall–Kier alpha value is 0.440. The summed E-state index contributed by atoms with van der Waals surface area (Å²) in [5, 5.41) is 0.